The van der Waals surface area contributed by atoms with Gasteiger partial charge in [-0.25, -0.2) is 24.7 Å². The SMILES string of the molecule is Nc1ncccc1-c1nc2ccc(-c3ccccc3)nc2n1-c1ccc(NC(=O)c2ccc(C(=O)O)cc2)nc1. The molecule has 0 aliphatic rings. The molecule has 0 saturated heterocycles. The number of hydrogen-bond acceptors (Lipinski definition) is 7. The zero-order chi connectivity index (χ0) is 27.6. The average molecular weight is 528 g/mol. The van der Waals surface area contributed by atoms with Crippen molar-refractivity contribution in [2.45, 2.75) is 0 Å². The molecule has 0 fully saturated rings. The van der Waals surface area contributed by atoms with Crippen LogP contribution in [0.15, 0.2) is 103 Å². The van der Waals surface area contributed by atoms with Gasteiger partial charge in [0.15, 0.2) is 11.5 Å². The summed E-state index contributed by atoms with van der Waals surface area (Å²) in [5.41, 5.74) is 10.9. The lowest BCUT2D eigenvalue weighted by molar-refractivity contribution is 0.0696. The van der Waals surface area contributed by atoms with E-state index in [0.29, 0.717) is 45.4 Å². The number of fused-ring (bicyclic) bond motifs is 1. The maximum Gasteiger partial charge on any atom is 0.335 e. The first-order valence-electron chi connectivity index (χ1n) is 12.2. The van der Waals surface area contributed by atoms with Crippen LogP contribution in [0.1, 0.15) is 20.7 Å². The van der Waals surface area contributed by atoms with Gasteiger partial charge in [-0.3, -0.25) is 9.36 Å². The van der Waals surface area contributed by atoms with E-state index in [1.807, 2.05) is 53.1 Å². The van der Waals surface area contributed by atoms with Crippen LogP contribution in [0.5, 0.6) is 0 Å². The fourth-order valence-electron chi connectivity index (χ4n) is 4.30. The molecule has 0 aliphatic heterocycles. The number of hydrogen-bond donors (Lipinski definition) is 3. The Labute approximate surface area is 227 Å². The summed E-state index contributed by atoms with van der Waals surface area (Å²) in [5.74, 6) is -0.276. The number of aromatic nitrogens is 5. The highest BCUT2D eigenvalue weighted by atomic mass is 16.4. The molecule has 194 valence electrons. The number of nitrogens with zero attached hydrogens (tertiary/aromatic N) is 5. The molecule has 10 nitrogen and oxygen atoms in total. The average Bonchev–Trinajstić information content (AvgIpc) is 3.37. The quantitative estimate of drug-likeness (QED) is 0.272. The maximum absolute atomic E-state index is 12.7. The predicted molar refractivity (Wildman–Crippen MR) is 151 cm³/mol. The molecule has 0 saturated carbocycles. The molecule has 1 amide bonds. The van der Waals surface area contributed by atoms with E-state index in [9.17, 15) is 9.59 Å². The third-order valence-electron chi connectivity index (χ3n) is 6.30. The number of nitrogens with two attached hydrogens (primary N) is 1. The van der Waals surface area contributed by atoms with Crippen LogP contribution in [0.4, 0.5) is 11.6 Å². The Bertz CT molecular complexity index is 1870. The Kier molecular flexibility index (Phi) is 6.17. The Hall–Kier alpha value is -5.90. The molecule has 0 radical (unpaired) electrons. The van der Waals surface area contributed by atoms with Crippen LogP contribution in [0.2, 0.25) is 0 Å². The number of nitrogens with one attached hydrogen (secondary N) is 1. The maximum atomic E-state index is 12.7. The monoisotopic (exact) mass is 527 g/mol. The van der Waals surface area contributed by atoms with Gasteiger partial charge in [0.25, 0.3) is 5.91 Å². The van der Waals surface area contributed by atoms with Crippen LogP contribution < -0.4 is 11.1 Å². The molecule has 6 rings (SSSR count). The lowest BCUT2D eigenvalue weighted by Gasteiger charge is -2.11. The van der Waals surface area contributed by atoms with Gasteiger partial charge in [-0.05, 0) is 60.7 Å². The van der Waals surface area contributed by atoms with Gasteiger partial charge in [0.05, 0.1) is 28.7 Å². The second-order valence-electron chi connectivity index (χ2n) is 8.85. The van der Waals surface area contributed by atoms with E-state index >= 15 is 0 Å². The molecule has 0 bridgehead atoms. The van der Waals surface area contributed by atoms with Gasteiger partial charge in [-0.15, -0.1) is 0 Å². The Balaban J connectivity index is 1.39. The number of anilines is 2. The number of carboxylic acids is 1. The second kappa shape index (κ2) is 10.1. The van der Waals surface area contributed by atoms with Crippen molar-refractivity contribution < 1.29 is 14.7 Å². The van der Waals surface area contributed by atoms with Crippen molar-refractivity contribution >= 4 is 34.7 Å². The molecule has 10 heteroatoms. The van der Waals surface area contributed by atoms with Gasteiger partial charge in [0.2, 0.25) is 0 Å². The van der Waals surface area contributed by atoms with E-state index in [4.69, 9.17) is 20.8 Å². The zero-order valence-electron chi connectivity index (χ0n) is 20.9. The molecule has 40 heavy (non-hydrogen) atoms. The van der Waals surface area contributed by atoms with Crippen LogP contribution in [-0.4, -0.2) is 41.5 Å². The standard InChI is InChI=1S/C30H21N7O3/c31-26-22(7-4-16-32-26)27-35-24-14-13-23(18-5-2-1-3-6-18)34-28(24)37(27)21-12-15-25(33-17-21)36-29(38)19-8-10-20(11-9-19)30(39)40/h1-17H,(H2,31,32)(H,39,40)(H,33,36,38). The lowest BCUT2D eigenvalue weighted by atomic mass is 10.1. The highest BCUT2D eigenvalue weighted by Crippen LogP contribution is 2.31. The molecule has 2 aromatic carbocycles. The summed E-state index contributed by atoms with van der Waals surface area (Å²) in [4.78, 5) is 42.2. The second-order valence-corrected chi connectivity index (χ2v) is 8.85. The number of carbonyl (C=O) groups excluding carboxylic acids is 1. The normalized spacial score (nSPS) is 10.9. The third-order valence-corrected chi connectivity index (χ3v) is 6.30. The summed E-state index contributed by atoms with van der Waals surface area (Å²) < 4.78 is 1.86. The van der Waals surface area contributed by atoms with Crippen molar-refractivity contribution in [2.75, 3.05) is 11.1 Å². The van der Waals surface area contributed by atoms with Gasteiger partial charge in [-0.2, -0.15) is 0 Å². The predicted octanol–water partition coefficient (Wildman–Crippen LogP) is 5.08. The lowest BCUT2D eigenvalue weighted by Crippen LogP contribution is -2.13. The highest BCUT2D eigenvalue weighted by molar-refractivity contribution is 6.04. The molecule has 0 spiro atoms. The van der Waals surface area contributed by atoms with Gasteiger partial charge in [0, 0.05) is 17.3 Å². The third kappa shape index (κ3) is 4.61. The van der Waals surface area contributed by atoms with Crippen molar-refractivity contribution in [3.05, 3.63) is 115 Å². The minimum Gasteiger partial charge on any atom is -0.478 e. The van der Waals surface area contributed by atoms with Crippen LogP contribution in [0, 0.1) is 0 Å². The van der Waals surface area contributed by atoms with Gasteiger partial charge in [-0.1, -0.05) is 30.3 Å². The molecule has 4 N–H and O–H groups in total. The minimum atomic E-state index is -1.06. The molecular weight excluding hydrogens is 506 g/mol. The molecule has 0 aliphatic carbocycles. The number of amides is 1. The van der Waals surface area contributed by atoms with Gasteiger partial charge >= 0.3 is 5.97 Å². The number of rotatable bonds is 6. The molecule has 0 atom stereocenters. The van der Waals surface area contributed by atoms with Crippen molar-refractivity contribution in [2.24, 2.45) is 0 Å². The largest absolute Gasteiger partial charge is 0.478 e. The summed E-state index contributed by atoms with van der Waals surface area (Å²) in [6.45, 7) is 0. The fraction of sp³-hybridized carbons (Fsp3) is 0. The number of carbonyl (C=O) groups is 2. The number of carboxylic acid groups (broad SMARTS) is 1. The summed E-state index contributed by atoms with van der Waals surface area (Å²) in [7, 11) is 0. The Morgan fingerprint density at radius 1 is 0.800 bits per heavy atom. The highest BCUT2D eigenvalue weighted by Gasteiger charge is 2.19. The number of imidazole rings is 1. The molecular formula is C30H21N7O3. The summed E-state index contributed by atoms with van der Waals surface area (Å²) >= 11 is 0. The van der Waals surface area contributed by atoms with Gasteiger partial charge < -0.3 is 16.2 Å². The van der Waals surface area contributed by atoms with Crippen molar-refractivity contribution in [3.8, 4) is 28.3 Å². The first kappa shape index (κ1) is 24.4. The topological polar surface area (TPSA) is 149 Å². The Morgan fingerprint density at radius 3 is 2.27 bits per heavy atom. The number of pyridine rings is 3. The summed E-state index contributed by atoms with van der Waals surface area (Å²) in [5, 5.41) is 11.8. The van der Waals surface area contributed by atoms with E-state index in [1.165, 1.54) is 24.3 Å². The summed E-state index contributed by atoms with van der Waals surface area (Å²) in [6, 6.07) is 26.4. The number of aromatic carboxylic acids is 1. The Morgan fingerprint density at radius 2 is 1.57 bits per heavy atom. The van der Waals surface area contributed by atoms with Crippen LogP contribution in [0.25, 0.3) is 39.5 Å². The smallest absolute Gasteiger partial charge is 0.335 e. The van der Waals surface area contributed by atoms with E-state index in [2.05, 4.69) is 15.3 Å². The molecule has 4 aromatic heterocycles. The van der Waals surface area contributed by atoms with E-state index in [0.717, 1.165) is 11.3 Å². The van der Waals surface area contributed by atoms with E-state index in [1.54, 1.807) is 30.6 Å². The number of nitrogen functional groups attached to an aromatic ring is 1. The van der Waals surface area contributed by atoms with Gasteiger partial charge in [0.1, 0.15) is 17.2 Å². The van der Waals surface area contributed by atoms with Crippen LogP contribution in [0.3, 0.4) is 0 Å². The van der Waals surface area contributed by atoms with Crippen LogP contribution >= 0.6 is 0 Å². The first-order chi connectivity index (χ1) is 19.5. The van der Waals surface area contributed by atoms with E-state index in [-0.39, 0.29) is 5.56 Å². The van der Waals surface area contributed by atoms with Crippen molar-refractivity contribution in [1.82, 2.24) is 24.5 Å². The van der Waals surface area contributed by atoms with E-state index < -0.39 is 11.9 Å². The number of benzene rings is 2. The van der Waals surface area contributed by atoms with Crippen molar-refractivity contribution in [1.29, 1.82) is 0 Å². The first-order valence-corrected chi connectivity index (χ1v) is 12.2. The fourth-order valence-corrected chi connectivity index (χ4v) is 4.30. The van der Waals surface area contributed by atoms with Crippen molar-refractivity contribution in [3.63, 3.8) is 0 Å². The summed E-state index contributed by atoms with van der Waals surface area (Å²) in [6.07, 6.45) is 3.23. The molecule has 6 aromatic rings. The minimum absolute atomic E-state index is 0.0978. The zero-order valence-corrected chi connectivity index (χ0v) is 20.9. The molecule has 4 heterocycles. The van der Waals surface area contributed by atoms with Crippen LogP contribution in [-0.2, 0) is 0 Å². The molecule has 0 unspecified atom stereocenters.